The van der Waals surface area contributed by atoms with Gasteiger partial charge in [-0.3, -0.25) is 9.59 Å². The van der Waals surface area contributed by atoms with Gasteiger partial charge in [-0.05, 0) is 42.0 Å². The summed E-state index contributed by atoms with van der Waals surface area (Å²) in [6.45, 7) is 0.0868. The highest BCUT2D eigenvalue weighted by atomic mass is 35.5. The van der Waals surface area contributed by atoms with Crippen LogP contribution in [0.2, 0.25) is 10.0 Å². The molecule has 0 saturated carbocycles. The summed E-state index contributed by atoms with van der Waals surface area (Å²) in [4.78, 5) is 35.1. The maximum Gasteiger partial charge on any atom is 0.337 e. The van der Waals surface area contributed by atoms with E-state index in [0.29, 0.717) is 26.9 Å². The molecule has 130 valence electrons. The minimum Gasteiger partial charge on any atom is -0.465 e. The number of esters is 1. The summed E-state index contributed by atoms with van der Waals surface area (Å²) in [5.74, 6) is -2.14. The molecule has 0 atom stereocenters. The number of nitrogens with one attached hydrogen (secondary N) is 2. The largest absolute Gasteiger partial charge is 0.465 e. The molecule has 2 aromatic rings. The quantitative estimate of drug-likeness (QED) is 0.630. The van der Waals surface area contributed by atoms with Gasteiger partial charge in [0.05, 0.1) is 12.7 Å². The molecule has 0 saturated heterocycles. The van der Waals surface area contributed by atoms with E-state index in [4.69, 9.17) is 23.2 Å². The molecule has 2 amide bonds. The van der Waals surface area contributed by atoms with Gasteiger partial charge in [-0.1, -0.05) is 29.3 Å². The van der Waals surface area contributed by atoms with E-state index in [1.54, 1.807) is 18.2 Å². The minimum atomic E-state index is -0.837. The Morgan fingerprint density at radius 3 is 2.28 bits per heavy atom. The Hall–Kier alpha value is -2.57. The first kappa shape index (κ1) is 18.8. The van der Waals surface area contributed by atoms with Crippen molar-refractivity contribution in [2.24, 2.45) is 0 Å². The molecule has 6 nitrogen and oxygen atoms in total. The lowest BCUT2D eigenvalue weighted by Crippen LogP contribution is -2.35. The molecule has 2 rings (SSSR count). The number of amides is 2. The minimum absolute atomic E-state index is 0.0868. The van der Waals surface area contributed by atoms with Crippen molar-refractivity contribution >= 4 is 46.7 Å². The van der Waals surface area contributed by atoms with Gasteiger partial charge in [0.2, 0.25) is 0 Å². The highest BCUT2D eigenvalue weighted by Crippen LogP contribution is 2.20. The summed E-state index contributed by atoms with van der Waals surface area (Å²) in [6, 6.07) is 10.8. The molecule has 25 heavy (non-hydrogen) atoms. The molecule has 0 aromatic heterocycles. The fraction of sp³-hybridized carbons (Fsp3) is 0.118. The number of hydrogen-bond acceptors (Lipinski definition) is 4. The zero-order valence-corrected chi connectivity index (χ0v) is 14.6. The Morgan fingerprint density at radius 2 is 1.68 bits per heavy atom. The van der Waals surface area contributed by atoms with Crippen LogP contribution < -0.4 is 10.6 Å². The Labute approximate surface area is 154 Å². The summed E-state index contributed by atoms with van der Waals surface area (Å²) in [7, 11) is 1.27. The normalized spacial score (nSPS) is 10.0. The SMILES string of the molecule is COC(=O)c1ccc(NC(=O)C(=O)NCc2ccc(Cl)cc2Cl)cc1. The Morgan fingerprint density at radius 1 is 1.00 bits per heavy atom. The van der Waals surface area contributed by atoms with Gasteiger partial charge in [0.25, 0.3) is 0 Å². The van der Waals surface area contributed by atoms with E-state index >= 15 is 0 Å². The lowest BCUT2D eigenvalue weighted by atomic mass is 10.2. The molecule has 0 radical (unpaired) electrons. The van der Waals surface area contributed by atoms with Gasteiger partial charge >= 0.3 is 17.8 Å². The van der Waals surface area contributed by atoms with Crippen molar-refractivity contribution < 1.29 is 19.1 Å². The second-order valence-corrected chi connectivity index (χ2v) is 5.79. The van der Waals surface area contributed by atoms with Crippen molar-refractivity contribution in [3.63, 3.8) is 0 Å². The van der Waals surface area contributed by atoms with Crippen LogP contribution in [0.25, 0.3) is 0 Å². The molecule has 0 aliphatic rings. The highest BCUT2D eigenvalue weighted by Gasteiger charge is 2.14. The number of anilines is 1. The number of carbonyl (C=O) groups is 3. The van der Waals surface area contributed by atoms with Crippen molar-refractivity contribution in [3.8, 4) is 0 Å². The smallest absolute Gasteiger partial charge is 0.337 e. The second-order valence-electron chi connectivity index (χ2n) is 4.94. The van der Waals surface area contributed by atoms with Crippen LogP contribution in [0.3, 0.4) is 0 Å². The van der Waals surface area contributed by atoms with Crippen molar-refractivity contribution in [1.82, 2.24) is 5.32 Å². The summed E-state index contributed by atoms with van der Waals surface area (Å²) in [5, 5.41) is 5.77. The average Bonchev–Trinajstić information content (AvgIpc) is 2.60. The third kappa shape index (κ3) is 5.20. The van der Waals surface area contributed by atoms with Crippen molar-refractivity contribution in [1.29, 1.82) is 0 Å². The van der Waals surface area contributed by atoms with E-state index in [9.17, 15) is 14.4 Å². The summed E-state index contributed by atoms with van der Waals surface area (Å²) in [5.41, 5.74) is 1.34. The second kappa shape index (κ2) is 8.50. The molecular weight excluding hydrogens is 367 g/mol. The van der Waals surface area contributed by atoms with E-state index in [1.165, 1.54) is 31.4 Å². The van der Waals surface area contributed by atoms with Gasteiger partial charge in [-0.25, -0.2) is 4.79 Å². The van der Waals surface area contributed by atoms with E-state index < -0.39 is 17.8 Å². The molecule has 0 aliphatic heterocycles. The van der Waals surface area contributed by atoms with Crippen LogP contribution in [0, 0.1) is 0 Å². The summed E-state index contributed by atoms with van der Waals surface area (Å²) < 4.78 is 4.58. The summed E-state index contributed by atoms with van der Waals surface area (Å²) >= 11 is 11.8. The lowest BCUT2D eigenvalue weighted by molar-refractivity contribution is -0.136. The van der Waals surface area contributed by atoms with Gasteiger partial charge in [0.1, 0.15) is 0 Å². The fourth-order valence-corrected chi connectivity index (χ4v) is 2.39. The zero-order valence-electron chi connectivity index (χ0n) is 13.1. The topological polar surface area (TPSA) is 84.5 Å². The predicted octanol–water partition coefficient (Wildman–Crippen LogP) is 3.03. The molecular formula is C17H14Cl2N2O4. The number of benzene rings is 2. The first-order chi connectivity index (χ1) is 11.9. The third-order valence-electron chi connectivity index (χ3n) is 3.22. The van der Waals surface area contributed by atoms with E-state index in [0.717, 1.165) is 0 Å². The molecule has 2 N–H and O–H groups in total. The van der Waals surface area contributed by atoms with Gasteiger partial charge in [0.15, 0.2) is 0 Å². The van der Waals surface area contributed by atoms with Gasteiger partial charge in [-0.15, -0.1) is 0 Å². The first-order valence-corrected chi connectivity index (χ1v) is 7.88. The van der Waals surface area contributed by atoms with Crippen molar-refractivity contribution in [3.05, 3.63) is 63.6 Å². The summed E-state index contributed by atoms with van der Waals surface area (Å²) in [6.07, 6.45) is 0. The Balaban J connectivity index is 1.91. The van der Waals surface area contributed by atoms with Crippen LogP contribution in [0.4, 0.5) is 5.69 Å². The van der Waals surface area contributed by atoms with Gasteiger partial charge < -0.3 is 15.4 Å². The fourth-order valence-electron chi connectivity index (χ4n) is 1.92. The molecule has 0 fully saturated rings. The number of methoxy groups -OCH3 is 1. The number of rotatable bonds is 4. The molecule has 2 aromatic carbocycles. The van der Waals surface area contributed by atoms with Gasteiger partial charge in [0, 0.05) is 22.3 Å². The Bertz CT molecular complexity index is 807. The number of carbonyl (C=O) groups excluding carboxylic acids is 3. The molecule has 0 bridgehead atoms. The molecule has 0 aliphatic carbocycles. The molecule has 8 heteroatoms. The zero-order chi connectivity index (χ0) is 18.4. The number of halogens is 2. The number of hydrogen-bond donors (Lipinski definition) is 2. The standard InChI is InChI=1S/C17H14Cl2N2O4/c1-25-17(24)10-3-6-13(7-4-10)21-16(23)15(22)20-9-11-2-5-12(18)8-14(11)19/h2-8H,9H2,1H3,(H,20,22)(H,21,23). The van der Waals surface area contributed by atoms with Crippen LogP contribution in [-0.2, 0) is 20.9 Å². The van der Waals surface area contributed by atoms with E-state index in [1.807, 2.05) is 0 Å². The lowest BCUT2D eigenvalue weighted by Gasteiger charge is -2.08. The first-order valence-electron chi connectivity index (χ1n) is 7.12. The van der Waals surface area contributed by atoms with E-state index in [2.05, 4.69) is 15.4 Å². The van der Waals surface area contributed by atoms with E-state index in [-0.39, 0.29) is 6.54 Å². The molecule has 0 unspecified atom stereocenters. The number of ether oxygens (including phenoxy) is 1. The molecule has 0 spiro atoms. The van der Waals surface area contributed by atoms with Crippen molar-refractivity contribution in [2.75, 3.05) is 12.4 Å². The maximum absolute atomic E-state index is 11.9. The van der Waals surface area contributed by atoms with Crippen molar-refractivity contribution in [2.45, 2.75) is 6.54 Å². The average molecular weight is 381 g/mol. The molecule has 0 heterocycles. The maximum atomic E-state index is 11.9. The van der Waals surface area contributed by atoms with Gasteiger partial charge in [-0.2, -0.15) is 0 Å². The third-order valence-corrected chi connectivity index (χ3v) is 3.81. The highest BCUT2D eigenvalue weighted by molar-refractivity contribution is 6.39. The Kier molecular flexibility index (Phi) is 6.38. The van der Waals surface area contributed by atoms with Crippen LogP contribution >= 0.6 is 23.2 Å². The monoisotopic (exact) mass is 380 g/mol. The predicted molar refractivity (Wildman–Crippen MR) is 94.7 cm³/mol. The van der Waals surface area contributed by atoms with Crippen LogP contribution in [0.15, 0.2) is 42.5 Å². The van der Waals surface area contributed by atoms with Crippen LogP contribution in [0.1, 0.15) is 15.9 Å². The van der Waals surface area contributed by atoms with Crippen LogP contribution in [-0.4, -0.2) is 24.9 Å². The van der Waals surface area contributed by atoms with Crippen LogP contribution in [0.5, 0.6) is 0 Å².